The average molecular weight is 300 g/mol. The fourth-order valence-electron chi connectivity index (χ4n) is 2.15. The normalized spacial score (nSPS) is 11.2. The highest BCUT2D eigenvalue weighted by Gasteiger charge is 2.14. The molecule has 1 heterocycles. The van der Waals surface area contributed by atoms with Crippen molar-refractivity contribution in [3.63, 3.8) is 0 Å². The summed E-state index contributed by atoms with van der Waals surface area (Å²) < 4.78 is 18.4. The smallest absolute Gasteiger partial charge is 0.243 e. The van der Waals surface area contributed by atoms with Gasteiger partial charge in [0.1, 0.15) is 22.9 Å². The zero-order valence-corrected chi connectivity index (χ0v) is 13.3. The van der Waals surface area contributed by atoms with Crippen LogP contribution in [0, 0.1) is 6.92 Å². The highest BCUT2D eigenvalue weighted by molar-refractivity contribution is 5.96. The molecule has 0 radical (unpaired) electrons. The topological polar surface area (TPSA) is 45.0 Å². The number of aryl methyl sites for hydroxylation is 2. The first-order valence-electron chi connectivity index (χ1n) is 6.81. The molecule has 2 aromatic rings. The lowest BCUT2D eigenvalue weighted by Crippen LogP contribution is -2.15. The summed E-state index contributed by atoms with van der Waals surface area (Å²) in [4.78, 5) is 4.25. The molecule has 1 aromatic heterocycles. The lowest BCUT2D eigenvalue weighted by molar-refractivity contribution is 0.389. The van der Waals surface area contributed by atoms with Gasteiger partial charge in [0.05, 0.1) is 14.2 Å². The summed E-state index contributed by atoms with van der Waals surface area (Å²) in [5, 5.41) is 0. The second-order valence-electron chi connectivity index (χ2n) is 4.73. The molecule has 2 rings (SSSR count). The van der Waals surface area contributed by atoms with Crippen molar-refractivity contribution in [2.24, 2.45) is 12.0 Å². The van der Waals surface area contributed by atoms with Crippen molar-refractivity contribution in [1.29, 1.82) is 0 Å². The number of aromatic nitrogens is 1. The monoisotopic (exact) mass is 300 g/mol. The molecule has 22 heavy (non-hydrogen) atoms. The third-order valence-corrected chi connectivity index (χ3v) is 3.22. The number of ether oxygens (including phenoxy) is 3. The maximum absolute atomic E-state index is 5.94. The number of rotatable bonds is 5. The number of hydrogen-bond donors (Lipinski definition) is 0. The Bertz CT molecular complexity index is 660. The van der Waals surface area contributed by atoms with Crippen LogP contribution in [0.2, 0.25) is 0 Å². The van der Waals surface area contributed by atoms with Gasteiger partial charge in [-0.3, -0.25) is 0 Å². The van der Waals surface area contributed by atoms with E-state index in [1.165, 1.54) is 6.20 Å². The minimum atomic E-state index is 0.468. The Balaban J connectivity index is 2.41. The Hall–Kier alpha value is -2.69. The van der Waals surface area contributed by atoms with Gasteiger partial charge in [0.2, 0.25) is 5.90 Å². The number of methoxy groups -OCH3 is 2. The molecule has 0 bridgehead atoms. The molecule has 0 saturated carbocycles. The molecule has 0 saturated heterocycles. The second-order valence-corrected chi connectivity index (χ2v) is 4.73. The lowest BCUT2D eigenvalue weighted by atomic mass is 10.2. The van der Waals surface area contributed by atoms with Crippen LogP contribution < -0.4 is 14.2 Å². The SMILES string of the molecule is C=C/N=C(/Oc1cc(OC)cc(OC)c1)c1c(C)ccn1C. The molecule has 5 heteroatoms. The molecule has 0 atom stereocenters. The van der Waals surface area contributed by atoms with Crippen LogP contribution in [0.15, 0.2) is 48.2 Å². The van der Waals surface area contributed by atoms with Crippen LogP contribution in [-0.2, 0) is 7.05 Å². The van der Waals surface area contributed by atoms with E-state index in [0.717, 1.165) is 11.3 Å². The first-order valence-corrected chi connectivity index (χ1v) is 6.81. The van der Waals surface area contributed by atoms with Gasteiger partial charge in [0.25, 0.3) is 0 Å². The lowest BCUT2D eigenvalue weighted by Gasteiger charge is -2.13. The van der Waals surface area contributed by atoms with Gasteiger partial charge < -0.3 is 18.8 Å². The van der Waals surface area contributed by atoms with Crippen LogP contribution in [0.5, 0.6) is 17.2 Å². The van der Waals surface area contributed by atoms with Crippen molar-refractivity contribution < 1.29 is 14.2 Å². The standard InChI is InChI=1S/C17H20N2O3/c1-6-18-17(16-12(2)7-8-19(16)3)22-15-10-13(20-4)9-14(11-15)21-5/h6-11H,1H2,2-5H3/b18-17+. The summed E-state index contributed by atoms with van der Waals surface area (Å²) in [6.45, 7) is 5.66. The van der Waals surface area contributed by atoms with Gasteiger partial charge >= 0.3 is 0 Å². The maximum Gasteiger partial charge on any atom is 0.243 e. The zero-order valence-electron chi connectivity index (χ0n) is 13.3. The van der Waals surface area contributed by atoms with Crippen molar-refractivity contribution in [2.45, 2.75) is 6.92 Å². The van der Waals surface area contributed by atoms with E-state index in [2.05, 4.69) is 11.6 Å². The molecule has 0 amide bonds. The van der Waals surface area contributed by atoms with Gasteiger partial charge in [-0.1, -0.05) is 6.58 Å². The Labute approximate surface area is 130 Å². The first kappa shape index (κ1) is 15.7. The summed E-state index contributed by atoms with van der Waals surface area (Å²) in [5.74, 6) is 2.35. The van der Waals surface area contributed by atoms with E-state index in [9.17, 15) is 0 Å². The van der Waals surface area contributed by atoms with Gasteiger partial charge in [-0.15, -0.1) is 0 Å². The second kappa shape index (κ2) is 6.85. The zero-order chi connectivity index (χ0) is 16.1. The van der Waals surface area contributed by atoms with E-state index < -0.39 is 0 Å². The van der Waals surface area contributed by atoms with E-state index in [-0.39, 0.29) is 0 Å². The highest BCUT2D eigenvalue weighted by Crippen LogP contribution is 2.28. The summed E-state index contributed by atoms with van der Waals surface area (Å²) in [6.07, 6.45) is 3.41. The predicted octanol–water partition coefficient (Wildman–Crippen LogP) is 3.32. The molecular formula is C17H20N2O3. The van der Waals surface area contributed by atoms with Crippen molar-refractivity contribution >= 4 is 5.90 Å². The van der Waals surface area contributed by atoms with Gasteiger partial charge in [-0.2, -0.15) is 0 Å². The van der Waals surface area contributed by atoms with Crippen molar-refractivity contribution in [3.05, 3.63) is 54.5 Å². The van der Waals surface area contributed by atoms with Gasteiger partial charge in [-0.05, 0) is 18.6 Å². The Morgan fingerprint density at radius 3 is 2.18 bits per heavy atom. The van der Waals surface area contributed by atoms with Crippen LogP contribution in [0.3, 0.4) is 0 Å². The van der Waals surface area contributed by atoms with Gasteiger partial charge in [0.15, 0.2) is 0 Å². The molecule has 5 nitrogen and oxygen atoms in total. The number of nitrogens with zero attached hydrogens (tertiary/aromatic N) is 2. The van der Waals surface area contributed by atoms with E-state index in [1.807, 2.05) is 30.8 Å². The Morgan fingerprint density at radius 2 is 1.73 bits per heavy atom. The number of hydrogen-bond acceptors (Lipinski definition) is 4. The Morgan fingerprint density at radius 1 is 1.14 bits per heavy atom. The molecule has 0 spiro atoms. The van der Waals surface area contributed by atoms with E-state index in [4.69, 9.17) is 14.2 Å². The van der Waals surface area contributed by atoms with Gasteiger partial charge in [0, 0.05) is 37.6 Å². The van der Waals surface area contributed by atoms with Crippen molar-refractivity contribution in [3.8, 4) is 17.2 Å². The molecule has 116 valence electrons. The van der Waals surface area contributed by atoms with Crippen LogP contribution >= 0.6 is 0 Å². The minimum Gasteiger partial charge on any atom is -0.496 e. The fraction of sp³-hybridized carbons (Fsp3) is 0.235. The molecule has 0 fully saturated rings. The third-order valence-electron chi connectivity index (χ3n) is 3.22. The average Bonchev–Trinajstić information content (AvgIpc) is 2.85. The summed E-state index contributed by atoms with van der Waals surface area (Å²) in [5.41, 5.74) is 1.96. The predicted molar refractivity (Wildman–Crippen MR) is 87.1 cm³/mol. The quantitative estimate of drug-likeness (QED) is 0.628. The van der Waals surface area contributed by atoms with Crippen molar-refractivity contribution in [1.82, 2.24) is 4.57 Å². The molecule has 0 unspecified atom stereocenters. The van der Waals surface area contributed by atoms with Crippen LogP contribution in [0.25, 0.3) is 0 Å². The van der Waals surface area contributed by atoms with E-state index >= 15 is 0 Å². The Kier molecular flexibility index (Phi) is 4.88. The molecular weight excluding hydrogens is 280 g/mol. The fourth-order valence-corrected chi connectivity index (χ4v) is 2.15. The van der Waals surface area contributed by atoms with Gasteiger partial charge in [-0.25, -0.2) is 4.99 Å². The number of benzene rings is 1. The third kappa shape index (κ3) is 3.31. The van der Waals surface area contributed by atoms with Crippen LogP contribution in [0.1, 0.15) is 11.3 Å². The largest absolute Gasteiger partial charge is 0.496 e. The number of aliphatic imine (C=N–C) groups is 1. The van der Waals surface area contributed by atoms with E-state index in [0.29, 0.717) is 23.1 Å². The summed E-state index contributed by atoms with van der Waals surface area (Å²) >= 11 is 0. The van der Waals surface area contributed by atoms with Crippen LogP contribution in [0.4, 0.5) is 0 Å². The van der Waals surface area contributed by atoms with E-state index in [1.54, 1.807) is 32.4 Å². The molecule has 0 aliphatic rings. The molecule has 0 aliphatic heterocycles. The van der Waals surface area contributed by atoms with Crippen molar-refractivity contribution in [2.75, 3.05) is 14.2 Å². The molecule has 0 N–H and O–H groups in total. The molecule has 0 aliphatic carbocycles. The summed E-state index contributed by atoms with van der Waals surface area (Å²) in [6, 6.07) is 7.34. The minimum absolute atomic E-state index is 0.468. The highest BCUT2D eigenvalue weighted by atomic mass is 16.5. The maximum atomic E-state index is 5.94. The first-order chi connectivity index (χ1) is 10.6. The molecule has 1 aromatic carbocycles. The van der Waals surface area contributed by atoms with Crippen LogP contribution in [-0.4, -0.2) is 24.7 Å². The summed E-state index contributed by atoms with van der Waals surface area (Å²) in [7, 11) is 5.13.